The Kier molecular flexibility index (Phi) is 9.80. The Hall–Kier alpha value is -3.31. The highest BCUT2D eigenvalue weighted by molar-refractivity contribution is 7.92. The molecule has 3 aromatic carbocycles. The van der Waals surface area contributed by atoms with Gasteiger partial charge in [0.05, 0.1) is 30.2 Å². The molecule has 0 radical (unpaired) electrons. The molecule has 11 heteroatoms. The van der Waals surface area contributed by atoms with Crippen LogP contribution in [0.4, 0.5) is 5.69 Å². The molecule has 0 bridgehead atoms. The van der Waals surface area contributed by atoms with Gasteiger partial charge in [0.2, 0.25) is 0 Å². The number of anilines is 1. The van der Waals surface area contributed by atoms with Crippen LogP contribution in [0.1, 0.15) is 29.8 Å². The second-order valence-electron chi connectivity index (χ2n) is 10.4. The third-order valence-electron chi connectivity index (χ3n) is 7.14. The average Bonchev–Trinajstić information content (AvgIpc) is 2.95. The fourth-order valence-corrected chi connectivity index (χ4v) is 5.92. The quantitative estimate of drug-likeness (QED) is 0.352. The molecule has 2 N–H and O–H groups in total. The van der Waals surface area contributed by atoms with Crippen LogP contribution in [0.5, 0.6) is 11.5 Å². The van der Waals surface area contributed by atoms with Crippen LogP contribution in [0.3, 0.4) is 0 Å². The molecule has 0 saturated heterocycles. The summed E-state index contributed by atoms with van der Waals surface area (Å²) in [4.78, 5) is 17.5. The van der Waals surface area contributed by atoms with E-state index in [0.717, 1.165) is 11.3 Å². The van der Waals surface area contributed by atoms with Crippen molar-refractivity contribution in [3.8, 4) is 11.5 Å². The average molecular weight is 602 g/mol. The molecule has 220 valence electrons. The molecule has 41 heavy (non-hydrogen) atoms. The molecule has 0 fully saturated rings. The van der Waals surface area contributed by atoms with Gasteiger partial charge in [-0.15, -0.1) is 0 Å². The Morgan fingerprint density at radius 3 is 2.46 bits per heavy atom. The lowest BCUT2D eigenvalue weighted by Gasteiger charge is -2.38. The van der Waals surface area contributed by atoms with Crippen LogP contribution in [0, 0.1) is 5.92 Å². The first-order valence-electron chi connectivity index (χ1n) is 13.3. The Morgan fingerprint density at radius 2 is 1.83 bits per heavy atom. The predicted molar refractivity (Wildman–Crippen MR) is 159 cm³/mol. The zero-order valence-electron chi connectivity index (χ0n) is 23.6. The summed E-state index contributed by atoms with van der Waals surface area (Å²) in [5.41, 5.74) is 1.56. The Morgan fingerprint density at radius 1 is 1.15 bits per heavy atom. The number of carbonyl (C=O) groups is 1. The van der Waals surface area contributed by atoms with Crippen LogP contribution in [0.2, 0.25) is 5.02 Å². The van der Waals surface area contributed by atoms with E-state index in [4.69, 9.17) is 21.1 Å². The number of carbonyl (C=O) groups excluding carboxylic acids is 1. The van der Waals surface area contributed by atoms with Gasteiger partial charge in [-0.05, 0) is 74.1 Å². The topological polar surface area (TPSA) is 108 Å². The minimum Gasteiger partial charge on any atom is -0.497 e. The number of rotatable bonds is 10. The number of benzene rings is 3. The molecule has 1 aliphatic rings. The number of ether oxygens (including phenoxy) is 2. The third-order valence-corrected chi connectivity index (χ3v) is 8.79. The number of hydrogen-bond acceptors (Lipinski definition) is 7. The van der Waals surface area contributed by atoms with Gasteiger partial charge in [-0.1, -0.05) is 30.7 Å². The van der Waals surface area contributed by atoms with Crippen molar-refractivity contribution in [3.63, 3.8) is 0 Å². The summed E-state index contributed by atoms with van der Waals surface area (Å²) in [6, 6.07) is 17.9. The molecular weight excluding hydrogens is 566 g/mol. The van der Waals surface area contributed by atoms with Crippen LogP contribution in [-0.4, -0.2) is 75.2 Å². The van der Waals surface area contributed by atoms with Crippen LogP contribution in [-0.2, 0) is 16.6 Å². The Balaban J connectivity index is 1.61. The number of hydrogen-bond donors (Lipinski definition) is 2. The summed E-state index contributed by atoms with van der Waals surface area (Å²) in [5.74, 6) is 0.755. The summed E-state index contributed by atoms with van der Waals surface area (Å²) < 4.78 is 40.2. The first-order valence-corrected chi connectivity index (χ1v) is 15.2. The van der Waals surface area contributed by atoms with E-state index >= 15 is 0 Å². The van der Waals surface area contributed by atoms with E-state index in [1.54, 1.807) is 31.1 Å². The summed E-state index contributed by atoms with van der Waals surface area (Å²) in [6.45, 7) is 5.22. The summed E-state index contributed by atoms with van der Waals surface area (Å²) in [5, 5.41) is 10.3. The van der Waals surface area contributed by atoms with Crippen molar-refractivity contribution in [1.29, 1.82) is 0 Å². The normalized spacial score (nSPS) is 18.2. The van der Waals surface area contributed by atoms with Gasteiger partial charge in [0, 0.05) is 36.3 Å². The highest BCUT2D eigenvalue weighted by Crippen LogP contribution is 2.31. The molecule has 1 aliphatic heterocycles. The number of nitrogens with one attached hydrogen (secondary N) is 1. The minimum atomic E-state index is -3.92. The molecule has 0 spiro atoms. The number of nitrogens with zero attached hydrogens (tertiary/aromatic N) is 2. The van der Waals surface area contributed by atoms with Gasteiger partial charge in [0.15, 0.2) is 0 Å². The molecule has 3 atom stereocenters. The maximum atomic E-state index is 13.7. The van der Waals surface area contributed by atoms with E-state index in [1.165, 1.54) is 30.3 Å². The Labute approximate surface area is 246 Å². The fraction of sp³-hybridized carbons (Fsp3) is 0.367. The zero-order valence-corrected chi connectivity index (χ0v) is 25.2. The number of sulfonamides is 1. The van der Waals surface area contributed by atoms with Gasteiger partial charge in [-0.25, -0.2) is 8.42 Å². The molecule has 1 heterocycles. The number of methoxy groups -OCH3 is 1. The number of amides is 1. The van der Waals surface area contributed by atoms with Crippen molar-refractivity contribution in [3.05, 3.63) is 82.9 Å². The van der Waals surface area contributed by atoms with Gasteiger partial charge in [0.25, 0.3) is 15.9 Å². The first kappa shape index (κ1) is 30.6. The lowest BCUT2D eigenvalue weighted by molar-refractivity contribution is 0.0341. The molecule has 9 nitrogen and oxygen atoms in total. The van der Waals surface area contributed by atoms with Gasteiger partial charge < -0.3 is 19.5 Å². The maximum Gasteiger partial charge on any atom is 0.261 e. The van der Waals surface area contributed by atoms with E-state index < -0.39 is 16.1 Å². The lowest BCUT2D eigenvalue weighted by atomic mass is 9.99. The maximum absolute atomic E-state index is 13.7. The number of aliphatic hydroxyl groups is 1. The third kappa shape index (κ3) is 7.51. The van der Waals surface area contributed by atoms with Crippen molar-refractivity contribution in [2.45, 2.75) is 37.4 Å². The highest BCUT2D eigenvalue weighted by Gasteiger charge is 2.33. The van der Waals surface area contributed by atoms with Crippen LogP contribution in [0.15, 0.2) is 71.6 Å². The number of likely N-dealkylation sites (N-methyl/N-ethyl adjacent to an activating group) is 1. The summed E-state index contributed by atoms with van der Waals surface area (Å²) in [6.07, 6.45) is -0.282. The predicted octanol–water partition coefficient (Wildman–Crippen LogP) is 4.50. The molecule has 0 aromatic heterocycles. The SMILES string of the molecule is COc1ccc(CN(C)C[C@H]2Oc3ccc(NS(=O)(=O)c4ccc(Cl)cc4)cc3C(=O)N([C@H](C)CO)C[C@@H]2C)cc1. The van der Waals surface area contributed by atoms with Gasteiger partial charge in [0.1, 0.15) is 17.6 Å². The molecule has 0 aliphatic carbocycles. The lowest BCUT2D eigenvalue weighted by Crippen LogP contribution is -2.49. The van der Waals surface area contributed by atoms with Crippen LogP contribution >= 0.6 is 11.6 Å². The van der Waals surface area contributed by atoms with Crippen molar-refractivity contribution >= 4 is 33.2 Å². The van der Waals surface area contributed by atoms with Gasteiger partial charge in [-0.3, -0.25) is 14.4 Å². The van der Waals surface area contributed by atoms with Crippen molar-refractivity contribution in [2.75, 3.05) is 38.6 Å². The fourth-order valence-electron chi connectivity index (χ4n) is 4.75. The second-order valence-corrected chi connectivity index (χ2v) is 12.6. The van der Waals surface area contributed by atoms with Crippen molar-refractivity contribution in [2.24, 2.45) is 5.92 Å². The number of fused-ring (bicyclic) bond motifs is 1. The van der Waals surface area contributed by atoms with E-state index in [2.05, 4.69) is 9.62 Å². The van der Waals surface area contributed by atoms with E-state index in [9.17, 15) is 18.3 Å². The molecule has 4 rings (SSSR count). The van der Waals surface area contributed by atoms with Gasteiger partial charge in [-0.2, -0.15) is 0 Å². The monoisotopic (exact) mass is 601 g/mol. The molecule has 1 amide bonds. The number of aliphatic hydroxyl groups excluding tert-OH is 1. The summed E-state index contributed by atoms with van der Waals surface area (Å²) in [7, 11) is -0.281. The number of halogens is 1. The van der Waals surface area contributed by atoms with Crippen molar-refractivity contribution < 1.29 is 27.8 Å². The molecule has 0 saturated carbocycles. The van der Waals surface area contributed by atoms with Gasteiger partial charge >= 0.3 is 0 Å². The molecule has 0 unspecified atom stereocenters. The molecular formula is C30H36ClN3O6S. The van der Waals surface area contributed by atoms with Crippen molar-refractivity contribution in [1.82, 2.24) is 9.80 Å². The Bertz CT molecular complexity index is 1450. The van der Waals surface area contributed by atoms with Crippen LogP contribution in [0.25, 0.3) is 0 Å². The molecule has 3 aromatic rings. The summed E-state index contributed by atoms with van der Waals surface area (Å²) >= 11 is 5.91. The smallest absolute Gasteiger partial charge is 0.261 e. The van der Waals surface area contributed by atoms with E-state index in [-0.39, 0.29) is 40.7 Å². The largest absolute Gasteiger partial charge is 0.497 e. The van der Waals surface area contributed by atoms with E-state index in [0.29, 0.717) is 30.4 Å². The first-order chi connectivity index (χ1) is 19.5. The second kappa shape index (κ2) is 13.1. The zero-order chi connectivity index (χ0) is 29.7. The highest BCUT2D eigenvalue weighted by atomic mass is 35.5. The van der Waals surface area contributed by atoms with E-state index in [1.807, 2.05) is 38.2 Å². The van der Waals surface area contributed by atoms with Crippen LogP contribution < -0.4 is 14.2 Å². The minimum absolute atomic E-state index is 0.0422. The standard InChI is InChI=1S/C30H36ClN3O6S/c1-20-16-34(21(2)19-35)30(36)27-15-24(32-41(37,38)26-12-7-23(31)8-13-26)9-14-28(27)40-29(20)18-33(3)17-22-5-10-25(39-4)11-6-22/h5-15,20-21,29,32,35H,16-19H2,1-4H3/t20-,21+,29+/m0/s1.